The molecule has 0 saturated heterocycles. The Labute approximate surface area is 87.0 Å². The lowest BCUT2D eigenvalue weighted by molar-refractivity contribution is 0.180. The van der Waals surface area contributed by atoms with E-state index in [9.17, 15) is 4.57 Å². The predicted octanol–water partition coefficient (Wildman–Crippen LogP) is 3.67. The second-order valence-corrected chi connectivity index (χ2v) is 6.06. The second kappa shape index (κ2) is 6.39. The fourth-order valence-electron chi connectivity index (χ4n) is 0.649. The largest absolute Gasteiger partial charge is 0.353 e. The van der Waals surface area contributed by atoms with Crippen LogP contribution in [-0.2, 0) is 13.6 Å². The van der Waals surface area contributed by atoms with E-state index in [-0.39, 0.29) is 0 Å². The van der Waals surface area contributed by atoms with Crippen molar-refractivity contribution in [1.29, 1.82) is 0 Å². The minimum atomic E-state index is -3.04. The zero-order valence-electron chi connectivity index (χ0n) is 9.53. The van der Waals surface area contributed by atoms with Crippen LogP contribution < -0.4 is 0 Å². The second-order valence-electron chi connectivity index (χ2n) is 4.10. The van der Waals surface area contributed by atoms with Gasteiger partial charge in [0.1, 0.15) is 0 Å². The summed E-state index contributed by atoms with van der Waals surface area (Å²) < 4.78 is 22.2. The summed E-state index contributed by atoms with van der Waals surface area (Å²) in [4.78, 5) is 0. The van der Waals surface area contributed by atoms with E-state index in [1.807, 2.05) is 27.7 Å². The van der Waals surface area contributed by atoms with Crippen LogP contribution in [0.4, 0.5) is 0 Å². The van der Waals surface area contributed by atoms with Crippen molar-refractivity contribution in [2.45, 2.75) is 27.7 Å². The molecule has 0 fully saturated rings. The molecular weight excluding hydrogens is 199 g/mol. The summed E-state index contributed by atoms with van der Waals surface area (Å²) >= 11 is 0. The van der Waals surface area contributed by atoms with Gasteiger partial charge in [0.2, 0.25) is 0 Å². The van der Waals surface area contributed by atoms with E-state index in [1.54, 1.807) is 0 Å². The topological polar surface area (TPSA) is 35.5 Å². The van der Waals surface area contributed by atoms with Crippen molar-refractivity contribution in [3.05, 3.63) is 12.4 Å². The highest BCUT2D eigenvalue weighted by atomic mass is 31.2. The predicted molar refractivity (Wildman–Crippen MR) is 59.4 cm³/mol. The number of hydrogen-bond donors (Lipinski definition) is 0. The Hall–Kier alpha value is -0.110. The maximum Gasteiger partial charge on any atom is 0.353 e. The molecule has 0 rings (SSSR count). The standard InChI is InChI=1S/C10H21O3P/c1-6-14(11,12-7-9(2)3)13-8-10(4)5/h6,9-10H,1,7-8H2,2-5H3. The van der Waals surface area contributed by atoms with Crippen molar-refractivity contribution in [2.75, 3.05) is 13.2 Å². The molecule has 0 N–H and O–H groups in total. The first kappa shape index (κ1) is 13.9. The van der Waals surface area contributed by atoms with Gasteiger partial charge in [0, 0.05) is 5.82 Å². The highest BCUT2D eigenvalue weighted by molar-refractivity contribution is 7.57. The molecule has 0 amide bonds. The molecule has 0 aliphatic rings. The molecular formula is C10H21O3P. The van der Waals surface area contributed by atoms with Crippen LogP contribution in [0.5, 0.6) is 0 Å². The summed E-state index contributed by atoms with van der Waals surface area (Å²) in [5, 5.41) is 0. The van der Waals surface area contributed by atoms with Crippen molar-refractivity contribution in [2.24, 2.45) is 11.8 Å². The fourth-order valence-corrected chi connectivity index (χ4v) is 1.95. The van der Waals surface area contributed by atoms with E-state index in [4.69, 9.17) is 9.05 Å². The lowest BCUT2D eigenvalue weighted by atomic mass is 10.2. The Balaban J connectivity index is 4.05. The monoisotopic (exact) mass is 220 g/mol. The molecule has 0 aromatic heterocycles. The lowest BCUT2D eigenvalue weighted by Crippen LogP contribution is -2.04. The number of hydrogen-bond acceptors (Lipinski definition) is 3. The molecule has 0 aromatic carbocycles. The van der Waals surface area contributed by atoms with E-state index < -0.39 is 7.60 Å². The summed E-state index contributed by atoms with van der Waals surface area (Å²) in [7, 11) is -3.04. The first-order chi connectivity index (χ1) is 6.39. The van der Waals surface area contributed by atoms with Crippen molar-refractivity contribution in [3.63, 3.8) is 0 Å². The average molecular weight is 220 g/mol. The summed E-state index contributed by atoms with van der Waals surface area (Å²) in [5.74, 6) is 1.95. The van der Waals surface area contributed by atoms with Crippen LogP contribution in [0.25, 0.3) is 0 Å². The highest BCUT2D eigenvalue weighted by Gasteiger charge is 2.20. The Bertz CT molecular complexity index is 195. The lowest BCUT2D eigenvalue weighted by Gasteiger charge is -2.17. The summed E-state index contributed by atoms with van der Waals surface area (Å²) in [6.45, 7) is 12.3. The maximum atomic E-state index is 11.8. The van der Waals surface area contributed by atoms with Gasteiger partial charge in [-0.3, -0.25) is 4.57 Å². The van der Waals surface area contributed by atoms with Crippen LogP contribution in [-0.4, -0.2) is 13.2 Å². The van der Waals surface area contributed by atoms with Gasteiger partial charge in [-0.25, -0.2) is 0 Å². The fraction of sp³-hybridized carbons (Fsp3) is 0.800. The molecule has 0 aromatic rings. The van der Waals surface area contributed by atoms with Gasteiger partial charge in [-0.2, -0.15) is 0 Å². The minimum absolute atomic E-state index is 0.339. The molecule has 0 heterocycles. The van der Waals surface area contributed by atoms with Crippen molar-refractivity contribution in [1.82, 2.24) is 0 Å². The van der Waals surface area contributed by atoms with Gasteiger partial charge in [-0.15, -0.1) is 0 Å². The van der Waals surface area contributed by atoms with Crippen molar-refractivity contribution < 1.29 is 13.6 Å². The Morgan fingerprint density at radius 1 is 1.14 bits per heavy atom. The molecule has 4 heteroatoms. The normalized spacial score (nSPS) is 12.4. The van der Waals surface area contributed by atoms with Gasteiger partial charge in [-0.1, -0.05) is 34.3 Å². The smallest absolute Gasteiger partial charge is 0.305 e. The third-order valence-electron chi connectivity index (χ3n) is 1.40. The molecule has 0 bridgehead atoms. The van der Waals surface area contributed by atoms with Gasteiger partial charge >= 0.3 is 7.60 Å². The van der Waals surface area contributed by atoms with Crippen LogP contribution in [0.15, 0.2) is 12.4 Å². The quantitative estimate of drug-likeness (QED) is 0.614. The zero-order valence-corrected chi connectivity index (χ0v) is 10.4. The first-order valence-corrected chi connectivity index (χ1v) is 6.53. The molecule has 0 spiro atoms. The number of rotatable bonds is 7. The summed E-state index contributed by atoms with van der Waals surface area (Å²) in [6.07, 6.45) is 0. The molecule has 0 unspecified atom stereocenters. The Morgan fingerprint density at radius 2 is 1.50 bits per heavy atom. The molecule has 0 aliphatic heterocycles. The summed E-state index contributed by atoms with van der Waals surface area (Å²) in [5.41, 5.74) is 0. The highest BCUT2D eigenvalue weighted by Crippen LogP contribution is 2.49. The van der Waals surface area contributed by atoms with Gasteiger partial charge in [0.15, 0.2) is 0 Å². The van der Waals surface area contributed by atoms with Crippen molar-refractivity contribution >= 4 is 7.60 Å². The molecule has 0 saturated carbocycles. The van der Waals surface area contributed by atoms with Gasteiger partial charge < -0.3 is 9.05 Å². The van der Waals surface area contributed by atoms with Gasteiger partial charge in [0.25, 0.3) is 0 Å². The van der Waals surface area contributed by atoms with Crippen LogP contribution >= 0.6 is 7.60 Å². The summed E-state index contributed by atoms with van der Waals surface area (Å²) in [6, 6.07) is 0. The van der Waals surface area contributed by atoms with E-state index in [0.29, 0.717) is 25.0 Å². The van der Waals surface area contributed by atoms with Crippen LogP contribution in [0.3, 0.4) is 0 Å². The van der Waals surface area contributed by atoms with Crippen LogP contribution in [0, 0.1) is 11.8 Å². The van der Waals surface area contributed by atoms with E-state index in [1.165, 1.54) is 5.82 Å². The van der Waals surface area contributed by atoms with Crippen molar-refractivity contribution in [3.8, 4) is 0 Å². The SMILES string of the molecule is C=CP(=O)(OCC(C)C)OCC(C)C. The van der Waals surface area contributed by atoms with E-state index in [2.05, 4.69) is 6.58 Å². The molecule has 0 atom stereocenters. The van der Waals surface area contributed by atoms with Crippen LogP contribution in [0.1, 0.15) is 27.7 Å². The maximum absolute atomic E-state index is 11.8. The minimum Gasteiger partial charge on any atom is -0.305 e. The Morgan fingerprint density at radius 3 is 1.71 bits per heavy atom. The molecule has 84 valence electrons. The molecule has 0 aliphatic carbocycles. The molecule has 14 heavy (non-hydrogen) atoms. The average Bonchev–Trinajstić information content (AvgIpc) is 2.11. The van der Waals surface area contributed by atoms with Gasteiger partial charge in [0.05, 0.1) is 13.2 Å². The third-order valence-corrected chi connectivity index (χ3v) is 2.86. The Kier molecular flexibility index (Phi) is 6.34. The first-order valence-electron chi connectivity index (χ1n) is 4.92. The van der Waals surface area contributed by atoms with Gasteiger partial charge in [-0.05, 0) is 11.8 Å². The molecule has 3 nitrogen and oxygen atoms in total. The zero-order chi connectivity index (χ0) is 11.2. The molecule has 0 radical (unpaired) electrons. The third kappa shape index (κ3) is 6.36. The van der Waals surface area contributed by atoms with E-state index in [0.717, 1.165) is 0 Å². The van der Waals surface area contributed by atoms with E-state index >= 15 is 0 Å². The van der Waals surface area contributed by atoms with Crippen LogP contribution in [0.2, 0.25) is 0 Å².